The number of rotatable bonds is 5. The summed E-state index contributed by atoms with van der Waals surface area (Å²) < 4.78 is 27.9. The van der Waals surface area contributed by atoms with Crippen LogP contribution in [0.3, 0.4) is 0 Å². The first-order chi connectivity index (χ1) is 9.60. The van der Waals surface area contributed by atoms with Crippen molar-refractivity contribution in [3.8, 4) is 0 Å². The lowest BCUT2D eigenvalue weighted by molar-refractivity contribution is 0.577. The van der Waals surface area contributed by atoms with Gasteiger partial charge >= 0.3 is 0 Å². The summed E-state index contributed by atoms with van der Waals surface area (Å²) in [7, 11) is 0. The van der Waals surface area contributed by atoms with Crippen molar-refractivity contribution >= 4 is 27.7 Å². The van der Waals surface area contributed by atoms with E-state index in [2.05, 4.69) is 21.2 Å². The maximum atomic E-state index is 13.7. The highest BCUT2D eigenvalue weighted by Gasteiger charge is 2.10. The van der Waals surface area contributed by atoms with Crippen LogP contribution >= 0.6 is 27.7 Å². The predicted molar refractivity (Wildman–Crippen MR) is 82.0 cm³/mol. The zero-order valence-electron chi connectivity index (χ0n) is 10.9. The minimum Gasteiger partial charge on any atom is -0.313 e. The van der Waals surface area contributed by atoms with E-state index in [1.54, 1.807) is 0 Å². The molecule has 0 spiro atoms. The fourth-order valence-electron chi connectivity index (χ4n) is 1.70. The molecule has 2 rings (SSSR count). The first-order valence-corrected chi connectivity index (χ1v) is 7.83. The van der Waals surface area contributed by atoms with E-state index in [1.807, 2.05) is 25.1 Å². The van der Waals surface area contributed by atoms with Gasteiger partial charge in [-0.3, -0.25) is 0 Å². The van der Waals surface area contributed by atoms with Crippen molar-refractivity contribution in [1.82, 2.24) is 5.32 Å². The molecule has 2 aromatic rings. The van der Waals surface area contributed by atoms with Gasteiger partial charge in [0, 0.05) is 15.9 Å². The molecule has 0 fully saturated rings. The smallest absolute Gasteiger partial charge is 0.137 e. The Hall–Kier alpha value is -0.910. The molecule has 0 heterocycles. The molecule has 2 aromatic carbocycles. The third-order valence-electron chi connectivity index (χ3n) is 2.71. The zero-order valence-corrected chi connectivity index (χ0v) is 13.3. The first kappa shape index (κ1) is 15.5. The summed E-state index contributed by atoms with van der Waals surface area (Å²) in [6.45, 7) is 3.58. The van der Waals surface area contributed by atoms with E-state index in [0.29, 0.717) is 11.4 Å². The van der Waals surface area contributed by atoms with Crippen LogP contribution in [0.1, 0.15) is 12.5 Å². The van der Waals surface area contributed by atoms with Crippen molar-refractivity contribution < 1.29 is 8.78 Å². The lowest BCUT2D eigenvalue weighted by atomic mass is 10.2. The summed E-state index contributed by atoms with van der Waals surface area (Å²) in [5, 5.41) is 3.24. The van der Waals surface area contributed by atoms with E-state index in [0.717, 1.165) is 33.6 Å². The van der Waals surface area contributed by atoms with E-state index < -0.39 is 11.6 Å². The van der Waals surface area contributed by atoms with Gasteiger partial charge in [0.2, 0.25) is 0 Å². The highest BCUT2D eigenvalue weighted by Crippen LogP contribution is 2.34. The van der Waals surface area contributed by atoms with E-state index >= 15 is 0 Å². The Balaban J connectivity index is 2.31. The molecule has 5 heteroatoms. The Morgan fingerprint density at radius 3 is 2.65 bits per heavy atom. The lowest BCUT2D eigenvalue weighted by Crippen LogP contribution is -2.12. The Morgan fingerprint density at radius 2 is 1.90 bits per heavy atom. The van der Waals surface area contributed by atoms with Crippen molar-refractivity contribution in [3.05, 3.63) is 58.1 Å². The van der Waals surface area contributed by atoms with Gasteiger partial charge in [0.1, 0.15) is 11.6 Å². The molecule has 20 heavy (non-hydrogen) atoms. The molecule has 0 unspecified atom stereocenters. The van der Waals surface area contributed by atoms with Gasteiger partial charge in [-0.1, -0.05) is 40.7 Å². The zero-order chi connectivity index (χ0) is 14.5. The molecule has 0 aliphatic carbocycles. The molecule has 1 N–H and O–H groups in total. The molecular weight excluding hydrogens is 344 g/mol. The quantitative estimate of drug-likeness (QED) is 0.808. The van der Waals surface area contributed by atoms with Gasteiger partial charge < -0.3 is 5.32 Å². The van der Waals surface area contributed by atoms with Gasteiger partial charge in [0.25, 0.3) is 0 Å². The maximum absolute atomic E-state index is 13.7. The van der Waals surface area contributed by atoms with Crippen LogP contribution in [0.2, 0.25) is 0 Å². The van der Waals surface area contributed by atoms with Crippen molar-refractivity contribution in [3.63, 3.8) is 0 Å². The highest BCUT2D eigenvalue weighted by atomic mass is 79.9. The fourth-order valence-corrected chi connectivity index (χ4v) is 3.25. The Labute approximate surface area is 129 Å². The normalized spacial score (nSPS) is 10.8. The highest BCUT2D eigenvalue weighted by molar-refractivity contribution is 9.10. The first-order valence-electron chi connectivity index (χ1n) is 6.22. The third-order valence-corrected chi connectivity index (χ3v) is 4.33. The van der Waals surface area contributed by atoms with E-state index in [1.165, 1.54) is 17.8 Å². The van der Waals surface area contributed by atoms with Crippen LogP contribution in [0.5, 0.6) is 0 Å². The summed E-state index contributed by atoms with van der Waals surface area (Å²) in [5.74, 6) is -0.845. The van der Waals surface area contributed by atoms with Gasteiger partial charge in [-0.2, -0.15) is 0 Å². The van der Waals surface area contributed by atoms with Crippen LogP contribution in [0, 0.1) is 11.6 Å². The average molecular weight is 358 g/mol. The van der Waals surface area contributed by atoms with Gasteiger partial charge in [0.05, 0.1) is 4.90 Å². The van der Waals surface area contributed by atoms with Crippen LogP contribution in [0.4, 0.5) is 8.78 Å². The molecule has 0 saturated heterocycles. The molecule has 1 nitrogen and oxygen atoms in total. The number of halogens is 3. The van der Waals surface area contributed by atoms with Gasteiger partial charge in [-0.15, -0.1) is 0 Å². The fraction of sp³-hybridized carbons (Fsp3) is 0.200. The molecule has 0 amide bonds. The van der Waals surface area contributed by atoms with Crippen LogP contribution in [0.25, 0.3) is 0 Å². The van der Waals surface area contributed by atoms with Crippen molar-refractivity contribution in [2.75, 3.05) is 6.54 Å². The third kappa shape index (κ3) is 4.04. The SMILES string of the molecule is CCNCc1ccc(Br)cc1Sc1cc(F)ccc1F. The van der Waals surface area contributed by atoms with Crippen LogP contribution < -0.4 is 5.32 Å². The van der Waals surface area contributed by atoms with Crippen molar-refractivity contribution in [2.45, 2.75) is 23.3 Å². The minimum atomic E-state index is -0.433. The molecule has 0 radical (unpaired) electrons. The second-order valence-corrected chi connectivity index (χ2v) is 6.21. The number of benzene rings is 2. The summed E-state index contributed by atoms with van der Waals surface area (Å²) in [6, 6.07) is 9.34. The molecule has 0 aliphatic heterocycles. The monoisotopic (exact) mass is 357 g/mol. The average Bonchev–Trinajstić information content (AvgIpc) is 2.42. The van der Waals surface area contributed by atoms with E-state index in [9.17, 15) is 8.78 Å². The topological polar surface area (TPSA) is 12.0 Å². The molecule has 106 valence electrons. The van der Waals surface area contributed by atoms with Crippen LogP contribution in [-0.4, -0.2) is 6.54 Å². The van der Waals surface area contributed by atoms with Gasteiger partial charge in [-0.05, 0) is 42.4 Å². The number of hydrogen-bond donors (Lipinski definition) is 1. The second-order valence-electron chi connectivity index (χ2n) is 4.21. The number of hydrogen-bond acceptors (Lipinski definition) is 2. The molecule has 0 aliphatic rings. The Morgan fingerprint density at radius 1 is 1.10 bits per heavy atom. The van der Waals surface area contributed by atoms with Crippen molar-refractivity contribution in [2.24, 2.45) is 0 Å². The lowest BCUT2D eigenvalue weighted by Gasteiger charge is -2.11. The van der Waals surface area contributed by atoms with E-state index in [4.69, 9.17) is 0 Å². The van der Waals surface area contributed by atoms with Crippen molar-refractivity contribution in [1.29, 1.82) is 0 Å². The molecule has 0 aromatic heterocycles. The molecule has 0 saturated carbocycles. The Bertz CT molecular complexity index is 604. The summed E-state index contributed by atoms with van der Waals surface area (Å²) in [6.07, 6.45) is 0. The summed E-state index contributed by atoms with van der Waals surface area (Å²) >= 11 is 4.64. The van der Waals surface area contributed by atoms with Crippen LogP contribution in [0.15, 0.2) is 50.7 Å². The molecule has 0 bridgehead atoms. The second kappa shape index (κ2) is 7.20. The number of nitrogens with one attached hydrogen (secondary N) is 1. The predicted octanol–water partition coefficient (Wildman–Crippen LogP) is 4.99. The molecule has 0 atom stereocenters. The summed E-state index contributed by atoms with van der Waals surface area (Å²) in [5.41, 5.74) is 1.06. The van der Waals surface area contributed by atoms with Gasteiger partial charge in [-0.25, -0.2) is 8.78 Å². The Kier molecular flexibility index (Phi) is 5.57. The molecular formula is C15H14BrF2NS. The minimum absolute atomic E-state index is 0.292. The standard InChI is InChI=1S/C15H14BrF2NS/c1-2-19-9-10-3-4-11(16)7-14(10)20-15-8-12(17)5-6-13(15)18/h3-8,19H,2,9H2,1H3. The van der Waals surface area contributed by atoms with Crippen LogP contribution in [-0.2, 0) is 6.54 Å². The van der Waals surface area contributed by atoms with Gasteiger partial charge in [0.15, 0.2) is 0 Å². The maximum Gasteiger partial charge on any atom is 0.137 e. The largest absolute Gasteiger partial charge is 0.313 e. The van der Waals surface area contributed by atoms with E-state index in [-0.39, 0.29) is 0 Å². The summed E-state index contributed by atoms with van der Waals surface area (Å²) in [4.78, 5) is 1.20.